The van der Waals surface area contributed by atoms with Gasteiger partial charge in [0.2, 0.25) is 0 Å². The average Bonchev–Trinajstić information content (AvgIpc) is 2.43. The molecule has 0 amide bonds. The van der Waals surface area contributed by atoms with Crippen molar-refractivity contribution in [1.29, 1.82) is 0 Å². The first-order valence-corrected chi connectivity index (χ1v) is 6.54. The minimum Gasteiger partial charge on any atom is -0.491 e. The van der Waals surface area contributed by atoms with Crippen LogP contribution in [-0.4, -0.2) is 46.2 Å². The number of ether oxygens (including phenoxy) is 4. The minimum absolute atomic E-state index is 0.517. The molecule has 0 saturated carbocycles. The van der Waals surface area contributed by atoms with Crippen molar-refractivity contribution < 1.29 is 18.9 Å². The van der Waals surface area contributed by atoms with Crippen LogP contribution in [0.4, 0.5) is 5.69 Å². The Hall–Kier alpha value is -1.30. The first-order valence-electron chi connectivity index (χ1n) is 6.54. The molecular weight excluding hydrogens is 246 g/mol. The van der Waals surface area contributed by atoms with Gasteiger partial charge in [0, 0.05) is 12.3 Å². The molecule has 0 aliphatic rings. The Morgan fingerprint density at radius 1 is 0.789 bits per heavy atom. The fourth-order valence-electron chi connectivity index (χ4n) is 1.37. The Morgan fingerprint density at radius 3 is 1.89 bits per heavy atom. The van der Waals surface area contributed by atoms with Gasteiger partial charge in [0.15, 0.2) is 0 Å². The highest BCUT2D eigenvalue weighted by Crippen LogP contribution is 2.12. The zero-order chi connectivity index (χ0) is 13.8. The van der Waals surface area contributed by atoms with Gasteiger partial charge >= 0.3 is 0 Å². The lowest BCUT2D eigenvalue weighted by Crippen LogP contribution is -2.12. The van der Waals surface area contributed by atoms with E-state index in [-0.39, 0.29) is 0 Å². The molecule has 1 rings (SSSR count). The summed E-state index contributed by atoms with van der Waals surface area (Å²) in [6.45, 7) is 6.14. The van der Waals surface area contributed by atoms with Gasteiger partial charge in [0.05, 0.1) is 33.0 Å². The maximum Gasteiger partial charge on any atom is 0.119 e. The van der Waals surface area contributed by atoms with Gasteiger partial charge in [0.25, 0.3) is 0 Å². The van der Waals surface area contributed by atoms with E-state index in [4.69, 9.17) is 24.7 Å². The second kappa shape index (κ2) is 10.6. The number of nitrogen functional groups attached to an aromatic ring is 1. The Balaban J connectivity index is 1.87. The molecule has 5 heteroatoms. The molecule has 0 fully saturated rings. The number of rotatable bonds is 11. The SMILES string of the molecule is CCOCCOCCOCCOc1ccc(N)cc1. The van der Waals surface area contributed by atoms with Crippen LogP contribution in [0.25, 0.3) is 0 Å². The summed E-state index contributed by atoms with van der Waals surface area (Å²) in [6, 6.07) is 7.29. The molecule has 0 heterocycles. The fourth-order valence-corrected chi connectivity index (χ4v) is 1.37. The van der Waals surface area contributed by atoms with Crippen LogP contribution in [-0.2, 0) is 14.2 Å². The van der Waals surface area contributed by atoms with Crippen LogP contribution in [0.5, 0.6) is 5.75 Å². The lowest BCUT2D eigenvalue weighted by atomic mass is 10.3. The molecule has 0 radical (unpaired) electrons. The second-order valence-electron chi connectivity index (χ2n) is 3.84. The highest BCUT2D eigenvalue weighted by atomic mass is 16.6. The van der Waals surface area contributed by atoms with E-state index in [0.717, 1.165) is 18.0 Å². The molecule has 1 aromatic rings. The third kappa shape index (κ3) is 8.42. The van der Waals surface area contributed by atoms with Crippen molar-refractivity contribution in [3.63, 3.8) is 0 Å². The largest absolute Gasteiger partial charge is 0.491 e. The summed E-state index contributed by atoms with van der Waals surface area (Å²) >= 11 is 0. The molecule has 0 aromatic heterocycles. The van der Waals surface area contributed by atoms with E-state index in [9.17, 15) is 0 Å². The van der Waals surface area contributed by atoms with Crippen molar-refractivity contribution in [2.75, 3.05) is 52.0 Å². The topological polar surface area (TPSA) is 62.9 Å². The van der Waals surface area contributed by atoms with Gasteiger partial charge < -0.3 is 24.7 Å². The van der Waals surface area contributed by atoms with Crippen LogP contribution >= 0.6 is 0 Å². The number of anilines is 1. The molecule has 0 aliphatic heterocycles. The molecule has 0 spiro atoms. The van der Waals surface area contributed by atoms with Crippen molar-refractivity contribution >= 4 is 5.69 Å². The normalized spacial score (nSPS) is 10.6. The Kier molecular flexibility index (Phi) is 8.80. The number of nitrogens with two attached hydrogens (primary N) is 1. The van der Waals surface area contributed by atoms with E-state index in [1.807, 2.05) is 31.2 Å². The predicted molar refractivity (Wildman–Crippen MR) is 74.5 cm³/mol. The van der Waals surface area contributed by atoms with Crippen molar-refractivity contribution in [2.24, 2.45) is 0 Å². The van der Waals surface area contributed by atoms with E-state index < -0.39 is 0 Å². The molecule has 0 atom stereocenters. The van der Waals surface area contributed by atoms with Gasteiger partial charge in [-0.2, -0.15) is 0 Å². The van der Waals surface area contributed by atoms with Crippen molar-refractivity contribution in [1.82, 2.24) is 0 Å². The fraction of sp³-hybridized carbons (Fsp3) is 0.571. The summed E-state index contributed by atoms with van der Waals surface area (Å²) in [5, 5.41) is 0. The Morgan fingerprint density at radius 2 is 1.32 bits per heavy atom. The van der Waals surface area contributed by atoms with E-state index in [2.05, 4.69) is 0 Å². The monoisotopic (exact) mass is 269 g/mol. The molecule has 0 aliphatic carbocycles. The lowest BCUT2D eigenvalue weighted by molar-refractivity contribution is 0.0114. The Labute approximate surface area is 114 Å². The lowest BCUT2D eigenvalue weighted by Gasteiger charge is -2.08. The summed E-state index contributed by atoms with van der Waals surface area (Å²) in [7, 11) is 0. The number of hydrogen-bond donors (Lipinski definition) is 1. The van der Waals surface area contributed by atoms with Crippen molar-refractivity contribution in [3.05, 3.63) is 24.3 Å². The highest BCUT2D eigenvalue weighted by Gasteiger charge is 1.94. The molecule has 108 valence electrons. The number of benzene rings is 1. The van der Waals surface area contributed by atoms with Crippen molar-refractivity contribution in [2.45, 2.75) is 6.92 Å². The van der Waals surface area contributed by atoms with Crippen LogP contribution in [0.1, 0.15) is 6.92 Å². The van der Waals surface area contributed by atoms with E-state index in [1.165, 1.54) is 0 Å². The molecule has 0 unspecified atom stereocenters. The maximum atomic E-state index is 5.58. The maximum absolute atomic E-state index is 5.58. The molecule has 5 nitrogen and oxygen atoms in total. The summed E-state index contributed by atoms with van der Waals surface area (Å²) in [5.74, 6) is 0.797. The molecular formula is C14H23NO4. The quantitative estimate of drug-likeness (QED) is 0.489. The zero-order valence-electron chi connectivity index (χ0n) is 11.5. The standard InChI is InChI=1S/C14H23NO4/c1-2-16-7-8-17-9-10-18-11-12-19-14-5-3-13(15)4-6-14/h3-6H,2,7-12,15H2,1H3. The van der Waals surface area contributed by atoms with Gasteiger partial charge in [0.1, 0.15) is 12.4 Å². The minimum atomic E-state index is 0.517. The van der Waals surface area contributed by atoms with E-state index in [1.54, 1.807) is 0 Å². The third-order valence-electron chi connectivity index (χ3n) is 2.32. The second-order valence-corrected chi connectivity index (χ2v) is 3.84. The van der Waals surface area contributed by atoms with Gasteiger partial charge in [-0.3, -0.25) is 0 Å². The van der Waals surface area contributed by atoms with Gasteiger partial charge in [-0.25, -0.2) is 0 Å². The summed E-state index contributed by atoms with van der Waals surface area (Å²) in [6.07, 6.45) is 0. The van der Waals surface area contributed by atoms with Crippen LogP contribution in [0.3, 0.4) is 0 Å². The van der Waals surface area contributed by atoms with E-state index >= 15 is 0 Å². The molecule has 0 bridgehead atoms. The average molecular weight is 269 g/mol. The molecule has 1 aromatic carbocycles. The smallest absolute Gasteiger partial charge is 0.119 e. The van der Waals surface area contributed by atoms with Crippen LogP contribution in [0.15, 0.2) is 24.3 Å². The van der Waals surface area contributed by atoms with E-state index in [0.29, 0.717) is 39.6 Å². The van der Waals surface area contributed by atoms with Gasteiger partial charge in [-0.05, 0) is 31.2 Å². The molecule has 19 heavy (non-hydrogen) atoms. The molecule has 0 saturated heterocycles. The highest BCUT2D eigenvalue weighted by molar-refractivity contribution is 5.41. The Bertz CT molecular complexity index is 316. The third-order valence-corrected chi connectivity index (χ3v) is 2.32. The molecule has 2 N–H and O–H groups in total. The predicted octanol–water partition coefficient (Wildman–Crippen LogP) is 1.72. The van der Waals surface area contributed by atoms with Crippen LogP contribution < -0.4 is 10.5 Å². The number of hydrogen-bond acceptors (Lipinski definition) is 5. The van der Waals surface area contributed by atoms with Gasteiger partial charge in [-0.15, -0.1) is 0 Å². The van der Waals surface area contributed by atoms with Crippen molar-refractivity contribution in [3.8, 4) is 5.75 Å². The summed E-state index contributed by atoms with van der Waals surface area (Å²) < 4.78 is 21.3. The van der Waals surface area contributed by atoms with Gasteiger partial charge in [-0.1, -0.05) is 0 Å². The van der Waals surface area contributed by atoms with Crippen LogP contribution in [0, 0.1) is 0 Å². The summed E-state index contributed by atoms with van der Waals surface area (Å²) in [4.78, 5) is 0. The first-order chi connectivity index (χ1) is 9.33. The zero-order valence-corrected chi connectivity index (χ0v) is 11.5. The summed E-state index contributed by atoms with van der Waals surface area (Å²) in [5.41, 5.74) is 6.31. The van der Waals surface area contributed by atoms with Crippen LogP contribution in [0.2, 0.25) is 0 Å². The first kappa shape index (κ1) is 15.8.